The van der Waals surface area contributed by atoms with Crippen molar-refractivity contribution in [1.29, 1.82) is 0 Å². The zero-order valence-corrected chi connectivity index (χ0v) is 15.8. The van der Waals surface area contributed by atoms with E-state index in [0.29, 0.717) is 17.9 Å². The Morgan fingerprint density at radius 2 is 1.96 bits per heavy atom. The number of hydrogen-bond acceptors (Lipinski definition) is 3. The highest BCUT2D eigenvalue weighted by molar-refractivity contribution is 7.80. The minimum Gasteiger partial charge on any atom is -0.491 e. The highest BCUT2D eigenvalue weighted by atomic mass is 35.5. The van der Waals surface area contributed by atoms with Gasteiger partial charge in [-0.15, -0.1) is 0 Å². The van der Waals surface area contributed by atoms with Crippen molar-refractivity contribution in [2.45, 2.75) is 32.8 Å². The summed E-state index contributed by atoms with van der Waals surface area (Å²) in [4.78, 5) is 12.0. The van der Waals surface area contributed by atoms with E-state index in [4.69, 9.17) is 28.6 Å². The Labute approximate surface area is 158 Å². The SMILES string of the molecule is CC(C)Oc1cccc(NC(=S)NC(=O)CCc2ccccc2Cl)c1. The molecule has 0 saturated carbocycles. The highest BCUT2D eigenvalue weighted by Gasteiger charge is 2.08. The molecular formula is C19H21ClN2O2S. The van der Waals surface area contributed by atoms with Crippen molar-refractivity contribution in [3.8, 4) is 5.75 Å². The molecule has 0 atom stereocenters. The molecule has 25 heavy (non-hydrogen) atoms. The number of carbonyl (C=O) groups excluding carboxylic acids is 1. The zero-order valence-electron chi connectivity index (χ0n) is 14.2. The number of halogens is 1. The molecule has 0 unspecified atom stereocenters. The summed E-state index contributed by atoms with van der Waals surface area (Å²) in [6.07, 6.45) is 0.958. The molecule has 132 valence electrons. The van der Waals surface area contributed by atoms with Gasteiger partial charge in [-0.25, -0.2) is 0 Å². The van der Waals surface area contributed by atoms with Crippen molar-refractivity contribution in [2.75, 3.05) is 5.32 Å². The van der Waals surface area contributed by atoms with Crippen LogP contribution < -0.4 is 15.4 Å². The van der Waals surface area contributed by atoms with Gasteiger partial charge in [0.15, 0.2) is 5.11 Å². The van der Waals surface area contributed by atoms with Crippen LogP contribution in [0.4, 0.5) is 5.69 Å². The van der Waals surface area contributed by atoms with Crippen LogP contribution >= 0.6 is 23.8 Å². The van der Waals surface area contributed by atoms with Gasteiger partial charge in [-0.3, -0.25) is 4.79 Å². The van der Waals surface area contributed by atoms with Gasteiger partial charge in [0.2, 0.25) is 5.91 Å². The summed E-state index contributed by atoms with van der Waals surface area (Å²) >= 11 is 11.3. The standard InChI is InChI=1S/C19H21ClN2O2S/c1-13(2)24-16-8-5-7-15(12-16)21-19(25)22-18(23)11-10-14-6-3-4-9-17(14)20/h3-9,12-13H,10-11H2,1-2H3,(H2,21,22,23,25). The fourth-order valence-corrected chi connectivity index (χ4v) is 2.68. The van der Waals surface area contributed by atoms with Crippen molar-refractivity contribution < 1.29 is 9.53 Å². The van der Waals surface area contributed by atoms with Crippen LogP contribution in [0.1, 0.15) is 25.8 Å². The van der Waals surface area contributed by atoms with E-state index in [1.807, 2.05) is 62.4 Å². The fourth-order valence-electron chi connectivity index (χ4n) is 2.22. The lowest BCUT2D eigenvalue weighted by Crippen LogP contribution is -2.34. The molecule has 4 nitrogen and oxygen atoms in total. The average molecular weight is 377 g/mol. The van der Waals surface area contributed by atoms with Gasteiger partial charge in [0, 0.05) is 23.2 Å². The first kappa shape index (κ1) is 19.2. The second-order valence-electron chi connectivity index (χ2n) is 5.79. The molecule has 0 spiro atoms. The van der Waals surface area contributed by atoms with Crippen LogP contribution in [0, 0.1) is 0 Å². The van der Waals surface area contributed by atoms with Gasteiger partial charge in [0.1, 0.15) is 5.75 Å². The molecule has 0 radical (unpaired) electrons. The molecule has 0 bridgehead atoms. The molecule has 6 heteroatoms. The van der Waals surface area contributed by atoms with Crippen LogP contribution in [0.3, 0.4) is 0 Å². The quantitative estimate of drug-likeness (QED) is 0.725. The normalized spacial score (nSPS) is 10.4. The molecule has 0 saturated heterocycles. The molecule has 0 aromatic heterocycles. The summed E-state index contributed by atoms with van der Waals surface area (Å²) in [7, 11) is 0. The number of carbonyl (C=O) groups is 1. The number of ether oxygens (including phenoxy) is 1. The van der Waals surface area contributed by atoms with Crippen LogP contribution in [-0.4, -0.2) is 17.1 Å². The molecule has 0 heterocycles. The second kappa shape index (κ2) is 9.39. The van der Waals surface area contributed by atoms with Gasteiger partial charge in [0.05, 0.1) is 6.10 Å². The minimum absolute atomic E-state index is 0.0896. The Hall–Kier alpha value is -2.11. The third-order valence-electron chi connectivity index (χ3n) is 3.30. The van der Waals surface area contributed by atoms with E-state index in [2.05, 4.69) is 10.6 Å². The maximum atomic E-state index is 12.0. The molecule has 0 aliphatic carbocycles. The summed E-state index contributed by atoms with van der Waals surface area (Å²) in [5.41, 5.74) is 1.70. The molecule has 0 aliphatic rings. The number of aryl methyl sites for hydroxylation is 1. The van der Waals surface area contributed by atoms with Gasteiger partial charge in [-0.05, 0) is 56.2 Å². The van der Waals surface area contributed by atoms with Gasteiger partial charge in [-0.2, -0.15) is 0 Å². The number of anilines is 1. The van der Waals surface area contributed by atoms with Crippen molar-refractivity contribution in [1.82, 2.24) is 5.32 Å². The molecule has 0 aliphatic heterocycles. The summed E-state index contributed by atoms with van der Waals surface area (Å²) in [5, 5.41) is 6.59. The van der Waals surface area contributed by atoms with E-state index in [1.165, 1.54) is 0 Å². The Balaban J connectivity index is 1.83. The topological polar surface area (TPSA) is 50.4 Å². The first-order chi connectivity index (χ1) is 11.9. The molecule has 1 amide bonds. The largest absolute Gasteiger partial charge is 0.491 e. The van der Waals surface area contributed by atoms with E-state index in [1.54, 1.807) is 0 Å². The Kier molecular flexibility index (Phi) is 7.22. The molecule has 2 N–H and O–H groups in total. The smallest absolute Gasteiger partial charge is 0.226 e. The van der Waals surface area contributed by atoms with Gasteiger partial charge < -0.3 is 15.4 Å². The maximum absolute atomic E-state index is 12.0. The van der Waals surface area contributed by atoms with Crippen LogP contribution in [0.15, 0.2) is 48.5 Å². The lowest BCUT2D eigenvalue weighted by Gasteiger charge is -2.13. The van der Waals surface area contributed by atoms with Crippen LogP contribution in [0.2, 0.25) is 5.02 Å². The van der Waals surface area contributed by atoms with Gasteiger partial charge >= 0.3 is 0 Å². The first-order valence-electron chi connectivity index (χ1n) is 8.05. The lowest BCUT2D eigenvalue weighted by atomic mass is 10.1. The van der Waals surface area contributed by atoms with Gasteiger partial charge in [0.25, 0.3) is 0 Å². The summed E-state index contributed by atoms with van der Waals surface area (Å²) in [5.74, 6) is 0.583. The summed E-state index contributed by atoms with van der Waals surface area (Å²) in [6, 6.07) is 14.9. The predicted octanol–water partition coefficient (Wildman–Crippen LogP) is 4.57. The highest BCUT2D eigenvalue weighted by Crippen LogP contribution is 2.19. The Morgan fingerprint density at radius 1 is 1.20 bits per heavy atom. The molecule has 2 aromatic carbocycles. The second-order valence-corrected chi connectivity index (χ2v) is 6.60. The van der Waals surface area contributed by atoms with Crippen LogP contribution in [0.25, 0.3) is 0 Å². The number of amides is 1. The molecule has 2 aromatic rings. The third kappa shape index (κ3) is 6.72. The van der Waals surface area contributed by atoms with Crippen LogP contribution in [0.5, 0.6) is 5.75 Å². The van der Waals surface area contributed by atoms with E-state index >= 15 is 0 Å². The van der Waals surface area contributed by atoms with Crippen molar-refractivity contribution in [3.63, 3.8) is 0 Å². The zero-order chi connectivity index (χ0) is 18.2. The Morgan fingerprint density at radius 3 is 2.68 bits per heavy atom. The van der Waals surface area contributed by atoms with Crippen molar-refractivity contribution in [3.05, 3.63) is 59.1 Å². The summed E-state index contributed by atoms with van der Waals surface area (Å²) in [6.45, 7) is 3.92. The van der Waals surface area contributed by atoms with E-state index < -0.39 is 0 Å². The van der Waals surface area contributed by atoms with E-state index in [-0.39, 0.29) is 17.1 Å². The number of thiocarbonyl (C=S) groups is 1. The lowest BCUT2D eigenvalue weighted by molar-refractivity contribution is -0.119. The average Bonchev–Trinajstić information content (AvgIpc) is 2.53. The number of rotatable bonds is 6. The third-order valence-corrected chi connectivity index (χ3v) is 3.87. The van der Waals surface area contributed by atoms with Crippen molar-refractivity contribution >= 4 is 40.5 Å². The van der Waals surface area contributed by atoms with Crippen molar-refractivity contribution in [2.24, 2.45) is 0 Å². The first-order valence-corrected chi connectivity index (χ1v) is 8.83. The van der Waals surface area contributed by atoms with E-state index in [0.717, 1.165) is 17.0 Å². The number of nitrogens with one attached hydrogen (secondary N) is 2. The monoisotopic (exact) mass is 376 g/mol. The number of hydrogen-bond donors (Lipinski definition) is 2. The summed E-state index contributed by atoms with van der Waals surface area (Å²) < 4.78 is 5.63. The number of benzene rings is 2. The minimum atomic E-state index is -0.160. The maximum Gasteiger partial charge on any atom is 0.226 e. The van der Waals surface area contributed by atoms with Gasteiger partial charge in [-0.1, -0.05) is 35.9 Å². The van der Waals surface area contributed by atoms with Crippen LogP contribution in [-0.2, 0) is 11.2 Å². The molecular weight excluding hydrogens is 356 g/mol. The molecule has 0 fully saturated rings. The Bertz CT molecular complexity index is 750. The van der Waals surface area contributed by atoms with E-state index in [9.17, 15) is 4.79 Å². The fraction of sp³-hybridized carbons (Fsp3) is 0.263. The predicted molar refractivity (Wildman–Crippen MR) is 106 cm³/mol. The molecule has 2 rings (SSSR count).